The average Bonchev–Trinajstić information content (AvgIpc) is 2.50. The van der Waals surface area contributed by atoms with Gasteiger partial charge in [-0.1, -0.05) is 19.1 Å². The van der Waals surface area contributed by atoms with Gasteiger partial charge in [0.15, 0.2) is 0 Å². The Morgan fingerprint density at radius 3 is 2.50 bits per heavy atom. The Hall–Kier alpha value is -1.59. The van der Waals surface area contributed by atoms with Crippen LogP contribution in [0, 0.1) is 0 Å². The van der Waals surface area contributed by atoms with Gasteiger partial charge in [-0.05, 0) is 37.6 Å². The molecule has 0 amide bonds. The fourth-order valence-corrected chi connectivity index (χ4v) is 1.73. The van der Waals surface area contributed by atoms with E-state index in [0.717, 1.165) is 12.0 Å². The summed E-state index contributed by atoms with van der Waals surface area (Å²) in [5, 5.41) is 12.1. The van der Waals surface area contributed by atoms with Crippen LogP contribution in [0.2, 0.25) is 0 Å². The van der Waals surface area contributed by atoms with Crippen LogP contribution in [0.3, 0.4) is 0 Å². The van der Waals surface area contributed by atoms with Crippen LogP contribution in [0.1, 0.15) is 25.8 Å². The van der Waals surface area contributed by atoms with Gasteiger partial charge < -0.3 is 14.6 Å². The fraction of sp³-hybridized carbons (Fsp3) is 0.533. The third kappa shape index (κ3) is 4.51. The zero-order valence-corrected chi connectivity index (χ0v) is 12.3. The maximum Gasteiger partial charge on any atom is 0.329 e. The average molecular weight is 281 g/mol. The van der Waals surface area contributed by atoms with Crippen molar-refractivity contribution in [2.45, 2.75) is 32.4 Å². The lowest BCUT2D eigenvalue weighted by Gasteiger charge is -2.27. The second-order valence-corrected chi connectivity index (χ2v) is 4.84. The number of aliphatic hydroxyl groups excluding tert-OH is 1. The summed E-state index contributed by atoms with van der Waals surface area (Å²) in [4.78, 5) is 11.9. The minimum Gasteiger partial charge on any atom is -0.491 e. The molecule has 0 saturated heterocycles. The molecule has 0 spiro atoms. The van der Waals surface area contributed by atoms with E-state index >= 15 is 0 Å². The molecule has 0 fully saturated rings. The number of nitrogens with one attached hydrogen (secondary N) is 1. The molecule has 1 rings (SSSR count). The highest BCUT2D eigenvalue weighted by atomic mass is 16.5. The van der Waals surface area contributed by atoms with Crippen molar-refractivity contribution in [1.82, 2.24) is 5.32 Å². The maximum atomic E-state index is 11.9. The molecule has 2 N–H and O–H groups in total. The van der Waals surface area contributed by atoms with Crippen molar-refractivity contribution in [1.29, 1.82) is 0 Å². The molecule has 1 atom stereocenters. The van der Waals surface area contributed by atoms with Crippen LogP contribution in [0.4, 0.5) is 0 Å². The van der Waals surface area contributed by atoms with Crippen LogP contribution >= 0.6 is 0 Å². The smallest absolute Gasteiger partial charge is 0.329 e. The van der Waals surface area contributed by atoms with E-state index in [-0.39, 0.29) is 19.2 Å². The van der Waals surface area contributed by atoms with E-state index in [1.54, 1.807) is 31.2 Å². The summed E-state index contributed by atoms with van der Waals surface area (Å²) in [6.45, 7) is 4.67. The first-order chi connectivity index (χ1) is 9.55. The first-order valence-electron chi connectivity index (χ1n) is 6.71. The van der Waals surface area contributed by atoms with Gasteiger partial charge in [0, 0.05) is 0 Å². The van der Waals surface area contributed by atoms with Crippen molar-refractivity contribution in [3.63, 3.8) is 0 Å². The van der Waals surface area contributed by atoms with Gasteiger partial charge in [-0.3, -0.25) is 5.32 Å². The molecule has 20 heavy (non-hydrogen) atoms. The molecule has 0 radical (unpaired) electrons. The number of rotatable bonds is 8. The van der Waals surface area contributed by atoms with Crippen molar-refractivity contribution >= 4 is 5.97 Å². The third-order valence-electron chi connectivity index (χ3n) is 3.03. The predicted octanol–water partition coefficient (Wildman–Crippen LogP) is 1.49. The number of hydrogen-bond acceptors (Lipinski definition) is 5. The first kappa shape index (κ1) is 16.5. The van der Waals surface area contributed by atoms with Crippen molar-refractivity contribution in [3.05, 3.63) is 29.8 Å². The van der Waals surface area contributed by atoms with Gasteiger partial charge in [0.1, 0.15) is 17.9 Å². The van der Waals surface area contributed by atoms with E-state index in [1.807, 2.05) is 6.92 Å². The van der Waals surface area contributed by atoms with E-state index in [9.17, 15) is 4.79 Å². The molecule has 0 heterocycles. The van der Waals surface area contributed by atoms with Gasteiger partial charge in [-0.2, -0.15) is 0 Å². The Morgan fingerprint density at radius 1 is 1.35 bits per heavy atom. The second kappa shape index (κ2) is 7.87. The Labute approximate surface area is 119 Å². The van der Waals surface area contributed by atoms with Crippen LogP contribution in [-0.2, 0) is 16.1 Å². The van der Waals surface area contributed by atoms with Crippen molar-refractivity contribution in [2.24, 2.45) is 0 Å². The number of methoxy groups -OCH3 is 1. The van der Waals surface area contributed by atoms with Gasteiger partial charge >= 0.3 is 5.97 Å². The van der Waals surface area contributed by atoms with Crippen molar-refractivity contribution in [3.8, 4) is 5.75 Å². The summed E-state index contributed by atoms with van der Waals surface area (Å²) in [5.41, 5.74) is -0.0578. The number of esters is 1. The molecule has 5 heteroatoms. The molecule has 0 aliphatic rings. The second-order valence-electron chi connectivity index (χ2n) is 4.84. The number of carbonyl (C=O) groups is 1. The lowest BCUT2D eigenvalue weighted by Crippen LogP contribution is -2.54. The molecule has 0 aromatic heterocycles. The molecule has 0 saturated carbocycles. The summed E-state index contributed by atoms with van der Waals surface area (Å²) in [6.07, 6.45) is 0.914. The molecule has 1 aromatic rings. The van der Waals surface area contributed by atoms with Crippen molar-refractivity contribution < 1.29 is 19.4 Å². The highest BCUT2D eigenvalue weighted by Crippen LogP contribution is 2.15. The Morgan fingerprint density at radius 2 is 2.00 bits per heavy atom. The maximum absolute atomic E-state index is 11.9. The minimum atomic E-state index is -0.875. The Bertz CT molecular complexity index is 418. The first-order valence-corrected chi connectivity index (χ1v) is 6.71. The van der Waals surface area contributed by atoms with Crippen molar-refractivity contribution in [2.75, 3.05) is 20.3 Å². The lowest BCUT2D eigenvalue weighted by atomic mass is 10.0. The predicted molar refractivity (Wildman–Crippen MR) is 76.6 cm³/mol. The molecule has 1 unspecified atom stereocenters. The molecule has 0 bridgehead atoms. The van der Waals surface area contributed by atoms with Crippen LogP contribution in [0.5, 0.6) is 5.75 Å². The Balaban J connectivity index is 2.67. The van der Waals surface area contributed by atoms with E-state index < -0.39 is 5.54 Å². The highest BCUT2D eigenvalue weighted by molar-refractivity contribution is 5.80. The number of aliphatic hydroxyl groups is 1. The third-order valence-corrected chi connectivity index (χ3v) is 3.03. The zero-order chi connectivity index (χ0) is 15.0. The molecule has 112 valence electrons. The molecule has 5 nitrogen and oxygen atoms in total. The number of hydrogen-bond donors (Lipinski definition) is 2. The van der Waals surface area contributed by atoms with Gasteiger partial charge in [0.25, 0.3) is 0 Å². The molecular weight excluding hydrogens is 258 g/mol. The minimum absolute atomic E-state index is 0.00177. The van der Waals surface area contributed by atoms with Gasteiger partial charge in [0.05, 0.1) is 13.7 Å². The monoisotopic (exact) mass is 281 g/mol. The highest BCUT2D eigenvalue weighted by Gasteiger charge is 2.34. The van der Waals surface area contributed by atoms with E-state index in [1.165, 1.54) is 7.11 Å². The van der Waals surface area contributed by atoms with Crippen LogP contribution in [0.15, 0.2) is 24.3 Å². The summed E-state index contributed by atoms with van der Waals surface area (Å²) in [7, 11) is 1.37. The van der Waals surface area contributed by atoms with Crippen LogP contribution < -0.4 is 10.1 Å². The standard InChI is InChI=1S/C15H23NO4/c1-4-9-16-15(2,14(18)19-3)11-20-13-7-5-12(10-17)6-8-13/h5-8,16-17H,4,9-11H2,1-3H3. The van der Waals surface area contributed by atoms with Gasteiger partial charge in [-0.25, -0.2) is 4.79 Å². The van der Waals surface area contributed by atoms with E-state index in [4.69, 9.17) is 14.6 Å². The lowest BCUT2D eigenvalue weighted by molar-refractivity contribution is -0.149. The topological polar surface area (TPSA) is 67.8 Å². The SMILES string of the molecule is CCCNC(C)(COc1ccc(CO)cc1)C(=O)OC. The largest absolute Gasteiger partial charge is 0.491 e. The number of ether oxygens (including phenoxy) is 2. The molecule has 0 aliphatic heterocycles. The normalized spacial score (nSPS) is 13.6. The Kier molecular flexibility index (Phi) is 6.48. The summed E-state index contributed by atoms with van der Waals surface area (Å²) >= 11 is 0. The van der Waals surface area contributed by atoms with E-state index in [2.05, 4.69) is 5.32 Å². The summed E-state index contributed by atoms with van der Waals surface area (Å²) < 4.78 is 10.5. The zero-order valence-electron chi connectivity index (χ0n) is 12.3. The van der Waals surface area contributed by atoms with E-state index in [0.29, 0.717) is 12.3 Å². The quantitative estimate of drug-likeness (QED) is 0.707. The number of carbonyl (C=O) groups excluding carboxylic acids is 1. The fourth-order valence-electron chi connectivity index (χ4n) is 1.73. The van der Waals surface area contributed by atoms with Gasteiger partial charge in [0.2, 0.25) is 0 Å². The van der Waals surface area contributed by atoms with Crippen LogP contribution in [0.25, 0.3) is 0 Å². The van der Waals surface area contributed by atoms with Crippen LogP contribution in [-0.4, -0.2) is 36.9 Å². The molecular formula is C15H23NO4. The van der Waals surface area contributed by atoms with Gasteiger partial charge in [-0.15, -0.1) is 0 Å². The summed E-state index contributed by atoms with van der Waals surface area (Å²) in [5.74, 6) is 0.300. The molecule has 0 aliphatic carbocycles. The molecule has 1 aromatic carbocycles. The summed E-state index contributed by atoms with van der Waals surface area (Å²) in [6, 6.07) is 7.10. The number of benzene rings is 1.